The summed E-state index contributed by atoms with van der Waals surface area (Å²) in [6.45, 7) is 1.62. The average molecular weight is 372 g/mol. The van der Waals surface area contributed by atoms with Gasteiger partial charge in [-0.1, -0.05) is 35.0 Å². The average Bonchev–Trinajstić information content (AvgIpc) is 3.03. The normalized spacial score (nSPS) is 10.4. The lowest BCUT2D eigenvalue weighted by atomic mass is 10.1. The highest BCUT2D eigenvalue weighted by Crippen LogP contribution is 2.31. The number of halogens is 1. The van der Waals surface area contributed by atoms with Crippen molar-refractivity contribution in [2.75, 3.05) is 7.11 Å². The Labute approximate surface area is 154 Å². The molecule has 0 N–H and O–H groups in total. The predicted molar refractivity (Wildman–Crippen MR) is 94.4 cm³/mol. The summed E-state index contributed by atoms with van der Waals surface area (Å²) in [5.74, 6) is -0.521. The van der Waals surface area contributed by atoms with E-state index in [0.717, 1.165) is 0 Å². The van der Waals surface area contributed by atoms with Gasteiger partial charge in [0.1, 0.15) is 22.8 Å². The third kappa shape index (κ3) is 3.45. The van der Waals surface area contributed by atoms with Crippen molar-refractivity contribution in [3.63, 3.8) is 0 Å². The first-order valence-corrected chi connectivity index (χ1v) is 8.00. The first-order valence-electron chi connectivity index (χ1n) is 7.63. The molecule has 3 rings (SSSR count). The number of carbonyl (C=O) groups excluding carboxylic acids is 2. The largest absolute Gasteiger partial charge is 0.465 e. The number of ether oxygens (including phenoxy) is 2. The zero-order valence-electron chi connectivity index (χ0n) is 14.0. The third-order valence-corrected chi connectivity index (χ3v) is 4.01. The summed E-state index contributed by atoms with van der Waals surface area (Å²) in [4.78, 5) is 24.1. The molecule has 6 nitrogen and oxygen atoms in total. The molecule has 0 unspecified atom stereocenters. The molecular weight excluding hydrogens is 358 g/mol. The Hall–Kier alpha value is -3.12. The maximum absolute atomic E-state index is 12.6. The maximum Gasteiger partial charge on any atom is 0.349 e. The van der Waals surface area contributed by atoms with E-state index in [4.69, 9.17) is 20.9 Å². The topological polar surface area (TPSA) is 78.6 Å². The number of rotatable bonds is 4. The fourth-order valence-corrected chi connectivity index (χ4v) is 2.61. The van der Waals surface area contributed by atoms with Gasteiger partial charge in [-0.05, 0) is 37.3 Å². The third-order valence-electron chi connectivity index (χ3n) is 3.68. The van der Waals surface area contributed by atoms with Crippen LogP contribution in [0.15, 0.2) is 53.1 Å². The number of benzene rings is 2. The van der Waals surface area contributed by atoms with E-state index in [0.29, 0.717) is 27.6 Å². The van der Waals surface area contributed by atoms with Crippen molar-refractivity contribution in [2.45, 2.75) is 6.92 Å². The Bertz CT molecular complexity index is 962. The van der Waals surface area contributed by atoms with E-state index < -0.39 is 11.9 Å². The van der Waals surface area contributed by atoms with Crippen LogP contribution in [-0.2, 0) is 4.74 Å². The molecule has 1 aromatic heterocycles. The Morgan fingerprint density at radius 2 is 1.73 bits per heavy atom. The molecule has 0 fully saturated rings. The molecule has 132 valence electrons. The van der Waals surface area contributed by atoms with Crippen molar-refractivity contribution in [3.8, 4) is 17.0 Å². The van der Waals surface area contributed by atoms with Gasteiger partial charge >= 0.3 is 11.9 Å². The lowest BCUT2D eigenvalue weighted by Crippen LogP contribution is -2.10. The molecule has 0 spiro atoms. The summed E-state index contributed by atoms with van der Waals surface area (Å²) in [5, 5.41) is 4.38. The number of nitrogens with zero attached hydrogens (tertiary/aromatic N) is 1. The molecule has 0 saturated heterocycles. The van der Waals surface area contributed by atoms with Crippen molar-refractivity contribution in [1.29, 1.82) is 0 Å². The molecule has 0 bridgehead atoms. The second-order valence-electron chi connectivity index (χ2n) is 5.35. The molecule has 0 radical (unpaired) electrons. The second kappa shape index (κ2) is 7.41. The van der Waals surface area contributed by atoms with Crippen LogP contribution in [0.1, 0.15) is 26.5 Å². The maximum atomic E-state index is 12.6. The summed E-state index contributed by atoms with van der Waals surface area (Å²) < 4.78 is 15.2. The van der Waals surface area contributed by atoms with Gasteiger partial charge in [0.05, 0.1) is 17.7 Å². The fraction of sp³-hybridized carbons (Fsp3) is 0.105. The quantitative estimate of drug-likeness (QED) is 0.502. The zero-order valence-corrected chi connectivity index (χ0v) is 14.7. The van der Waals surface area contributed by atoms with Crippen LogP contribution in [0.5, 0.6) is 5.75 Å². The fourth-order valence-electron chi connectivity index (χ4n) is 2.38. The van der Waals surface area contributed by atoms with Crippen molar-refractivity contribution in [1.82, 2.24) is 5.16 Å². The van der Waals surface area contributed by atoms with Crippen LogP contribution in [0.2, 0.25) is 5.02 Å². The van der Waals surface area contributed by atoms with Gasteiger partial charge in [-0.25, -0.2) is 9.59 Å². The van der Waals surface area contributed by atoms with Crippen LogP contribution in [0.25, 0.3) is 11.3 Å². The molecule has 26 heavy (non-hydrogen) atoms. The molecule has 3 aromatic rings. The van der Waals surface area contributed by atoms with E-state index in [9.17, 15) is 9.59 Å². The van der Waals surface area contributed by atoms with Gasteiger partial charge in [-0.3, -0.25) is 0 Å². The second-order valence-corrected chi connectivity index (χ2v) is 5.75. The van der Waals surface area contributed by atoms with Crippen LogP contribution >= 0.6 is 11.6 Å². The summed E-state index contributed by atoms with van der Waals surface area (Å²) in [6.07, 6.45) is 0. The van der Waals surface area contributed by atoms with Crippen molar-refractivity contribution in [3.05, 3.63) is 70.4 Å². The number of hydrogen-bond acceptors (Lipinski definition) is 6. The number of aryl methyl sites for hydroxylation is 1. The zero-order chi connectivity index (χ0) is 18.7. The summed E-state index contributed by atoms with van der Waals surface area (Å²) in [5.41, 5.74) is 1.42. The number of methoxy groups -OCH3 is 1. The molecule has 0 aliphatic rings. The van der Waals surface area contributed by atoms with Crippen molar-refractivity contribution < 1.29 is 23.6 Å². The molecule has 7 heteroatoms. The minimum absolute atomic E-state index is 0.190. The molecule has 0 saturated carbocycles. The predicted octanol–water partition coefficient (Wildman–Crippen LogP) is 4.31. The summed E-state index contributed by atoms with van der Waals surface area (Å²) >= 11 is 6.19. The van der Waals surface area contributed by atoms with E-state index in [1.54, 1.807) is 31.2 Å². The van der Waals surface area contributed by atoms with E-state index in [1.165, 1.54) is 31.4 Å². The molecular formula is C19H14ClNO5. The van der Waals surface area contributed by atoms with Crippen LogP contribution in [0.3, 0.4) is 0 Å². The van der Waals surface area contributed by atoms with E-state index in [1.807, 2.05) is 0 Å². The lowest BCUT2D eigenvalue weighted by molar-refractivity contribution is 0.0600. The number of esters is 2. The van der Waals surface area contributed by atoms with E-state index in [2.05, 4.69) is 9.89 Å². The Morgan fingerprint density at radius 3 is 2.38 bits per heavy atom. The van der Waals surface area contributed by atoms with Gasteiger partial charge in [0, 0.05) is 5.56 Å². The standard InChI is InChI=1S/C19H14ClNO5/c1-11-16(17(21-26-11)14-5-3-4-6-15(14)20)19(23)25-13-9-7-12(8-10-13)18(22)24-2/h3-10H,1-2H3. The summed E-state index contributed by atoms with van der Waals surface area (Å²) in [6, 6.07) is 13.0. The molecule has 1 heterocycles. The summed E-state index contributed by atoms with van der Waals surface area (Å²) in [7, 11) is 1.29. The lowest BCUT2D eigenvalue weighted by Gasteiger charge is -2.06. The highest BCUT2D eigenvalue weighted by atomic mass is 35.5. The highest BCUT2D eigenvalue weighted by molar-refractivity contribution is 6.33. The van der Waals surface area contributed by atoms with Gasteiger partial charge in [-0.15, -0.1) is 0 Å². The van der Waals surface area contributed by atoms with Crippen LogP contribution in [0.4, 0.5) is 0 Å². The molecule has 0 atom stereocenters. The minimum Gasteiger partial charge on any atom is -0.465 e. The van der Waals surface area contributed by atoms with Crippen LogP contribution < -0.4 is 4.74 Å². The smallest absolute Gasteiger partial charge is 0.349 e. The number of aromatic nitrogens is 1. The van der Waals surface area contributed by atoms with Crippen LogP contribution in [0, 0.1) is 6.92 Å². The highest BCUT2D eigenvalue weighted by Gasteiger charge is 2.24. The number of hydrogen-bond donors (Lipinski definition) is 0. The van der Waals surface area contributed by atoms with Crippen molar-refractivity contribution >= 4 is 23.5 Å². The van der Waals surface area contributed by atoms with Gasteiger partial charge in [0.25, 0.3) is 0 Å². The molecule has 0 aliphatic heterocycles. The Morgan fingerprint density at radius 1 is 1.04 bits per heavy atom. The first-order chi connectivity index (χ1) is 12.5. The number of carbonyl (C=O) groups is 2. The van der Waals surface area contributed by atoms with Gasteiger partial charge in [0.15, 0.2) is 0 Å². The van der Waals surface area contributed by atoms with E-state index >= 15 is 0 Å². The van der Waals surface area contributed by atoms with Crippen molar-refractivity contribution in [2.24, 2.45) is 0 Å². The Balaban J connectivity index is 1.88. The van der Waals surface area contributed by atoms with Gasteiger partial charge < -0.3 is 14.0 Å². The van der Waals surface area contributed by atoms with Gasteiger partial charge in [0.2, 0.25) is 0 Å². The minimum atomic E-state index is -0.635. The molecule has 0 aliphatic carbocycles. The SMILES string of the molecule is COC(=O)c1ccc(OC(=O)c2c(-c3ccccc3Cl)noc2C)cc1. The van der Waals surface area contributed by atoms with E-state index in [-0.39, 0.29) is 11.3 Å². The molecule has 2 aromatic carbocycles. The monoisotopic (exact) mass is 371 g/mol. The van der Waals surface area contributed by atoms with Crippen LogP contribution in [-0.4, -0.2) is 24.2 Å². The Kier molecular flexibility index (Phi) is 5.04. The molecule has 0 amide bonds. The first kappa shape index (κ1) is 17.7. The van der Waals surface area contributed by atoms with Gasteiger partial charge in [-0.2, -0.15) is 0 Å².